The number of aliphatic hydroxyl groups is 2. The summed E-state index contributed by atoms with van der Waals surface area (Å²) >= 11 is 0. The fourth-order valence-electron chi connectivity index (χ4n) is 2.42. The minimum absolute atomic E-state index is 0.787. The Morgan fingerprint density at radius 3 is 2.30 bits per heavy atom. The van der Waals surface area contributed by atoms with Gasteiger partial charge in [0.2, 0.25) is 0 Å². The summed E-state index contributed by atoms with van der Waals surface area (Å²) < 4.78 is 4.56. The molecule has 1 saturated carbocycles. The van der Waals surface area contributed by atoms with E-state index < -0.39 is 0 Å². The minimum atomic E-state index is 0.787. The highest BCUT2D eigenvalue weighted by atomic mass is 16.5. The van der Waals surface area contributed by atoms with E-state index in [1.54, 1.807) is 0 Å². The lowest BCUT2D eigenvalue weighted by Crippen LogP contribution is -2.48. The van der Waals surface area contributed by atoms with Crippen LogP contribution in [0.25, 0.3) is 0 Å². The Morgan fingerprint density at radius 2 is 1.80 bits per heavy atom. The third-order valence-corrected chi connectivity index (χ3v) is 2.87. The third kappa shape index (κ3) is 1.07. The SMILES string of the molecule is CCCC1CC2CC(C1)[OH+]2. The molecule has 10 heavy (non-hydrogen) atoms. The van der Waals surface area contributed by atoms with Gasteiger partial charge in [-0.05, 0) is 5.92 Å². The second-order valence-electron chi connectivity index (χ2n) is 3.82. The molecule has 1 heteroatoms. The largest absolute Gasteiger partial charge is 0.429 e. The van der Waals surface area contributed by atoms with Crippen molar-refractivity contribution in [1.82, 2.24) is 0 Å². The minimum Gasteiger partial charge on any atom is -0.429 e. The molecule has 2 aliphatic heterocycles. The van der Waals surface area contributed by atoms with Gasteiger partial charge in [0, 0.05) is 12.8 Å². The fourth-order valence-corrected chi connectivity index (χ4v) is 2.42. The lowest BCUT2D eigenvalue weighted by Gasteiger charge is -2.40. The van der Waals surface area contributed by atoms with Crippen LogP contribution >= 0.6 is 0 Å². The van der Waals surface area contributed by atoms with Crippen molar-refractivity contribution in [1.29, 1.82) is 0 Å². The lowest BCUT2D eigenvalue weighted by molar-refractivity contribution is -0.292. The second-order valence-corrected chi connectivity index (χ2v) is 3.82. The van der Waals surface area contributed by atoms with Crippen LogP contribution in [0.2, 0.25) is 0 Å². The first-order chi connectivity index (χ1) is 4.88. The molecule has 0 spiro atoms. The van der Waals surface area contributed by atoms with Crippen molar-refractivity contribution in [3.05, 3.63) is 0 Å². The van der Waals surface area contributed by atoms with Gasteiger partial charge in [-0.25, -0.2) is 0 Å². The Bertz CT molecular complexity index is 106. The van der Waals surface area contributed by atoms with E-state index >= 15 is 0 Å². The van der Waals surface area contributed by atoms with Gasteiger partial charge in [0.05, 0.1) is 6.42 Å². The predicted molar refractivity (Wildman–Crippen MR) is 42.0 cm³/mol. The average molecular weight is 141 g/mol. The molecule has 3 fully saturated rings. The van der Waals surface area contributed by atoms with Gasteiger partial charge in [0.25, 0.3) is 0 Å². The van der Waals surface area contributed by atoms with Crippen LogP contribution in [0.3, 0.4) is 0 Å². The van der Waals surface area contributed by atoms with Crippen LogP contribution in [-0.2, 0) is 0 Å². The molecule has 0 aromatic rings. The van der Waals surface area contributed by atoms with E-state index in [-0.39, 0.29) is 0 Å². The topological polar surface area (TPSA) is 12.8 Å². The molecule has 1 aliphatic carbocycles. The molecule has 2 saturated heterocycles. The molecular weight excluding hydrogens is 124 g/mol. The summed E-state index contributed by atoms with van der Waals surface area (Å²) in [5, 5.41) is 0. The maximum atomic E-state index is 4.56. The highest BCUT2D eigenvalue weighted by Crippen LogP contribution is 2.37. The number of rotatable bonds is 2. The molecular formula is C9H17O+. The van der Waals surface area contributed by atoms with E-state index in [4.69, 9.17) is 0 Å². The molecule has 0 aromatic carbocycles. The maximum absolute atomic E-state index is 4.56. The summed E-state index contributed by atoms with van der Waals surface area (Å²) in [5.41, 5.74) is 0. The van der Waals surface area contributed by atoms with Gasteiger partial charge >= 0.3 is 0 Å². The molecule has 3 aliphatic rings. The van der Waals surface area contributed by atoms with Crippen LogP contribution in [-0.4, -0.2) is 16.9 Å². The predicted octanol–water partition coefficient (Wildman–Crippen LogP) is 1.87. The fraction of sp³-hybridized carbons (Fsp3) is 1.00. The summed E-state index contributed by atoms with van der Waals surface area (Å²) in [6, 6.07) is 0. The molecule has 3 rings (SSSR count). The van der Waals surface area contributed by atoms with E-state index in [9.17, 15) is 0 Å². The first-order valence-electron chi connectivity index (χ1n) is 4.58. The van der Waals surface area contributed by atoms with E-state index in [2.05, 4.69) is 11.7 Å². The molecule has 0 aromatic heterocycles. The van der Waals surface area contributed by atoms with E-state index in [0.717, 1.165) is 18.1 Å². The third-order valence-electron chi connectivity index (χ3n) is 2.87. The van der Waals surface area contributed by atoms with Gasteiger partial charge < -0.3 is 4.74 Å². The van der Waals surface area contributed by atoms with Gasteiger partial charge in [-0.15, -0.1) is 0 Å². The summed E-state index contributed by atoms with van der Waals surface area (Å²) in [6.45, 7) is 2.29. The summed E-state index contributed by atoms with van der Waals surface area (Å²) in [7, 11) is 0. The molecule has 2 unspecified atom stereocenters. The van der Waals surface area contributed by atoms with Crippen molar-refractivity contribution in [2.45, 2.75) is 51.2 Å². The van der Waals surface area contributed by atoms with Crippen LogP contribution in [0.15, 0.2) is 0 Å². The summed E-state index contributed by atoms with van der Waals surface area (Å²) in [4.78, 5) is 0. The monoisotopic (exact) mass is 141 g/mol. The van der Waals surface area contributed by atoms with Crippen molar-refractivity contribution in [3.63, 3.8) is 0 Å². The Kier molecular flexibility index (Phi) is 1.69. The standard InChI is InChI=1S/C9H16O/c1-2-3-7-4-8-6-9(5-7)10-8/h7-9H,2-6H2,1H3/p+1. The smallest absolute Gasteiger partial charge is 0.162 e. The molecule has 0 radical (unpaired) electrons. The first kappa shape index (κ1) is 6.66. The van der Waals surface area contributed by atoms with E-state index in [1.165, 1.54) is 32.1 Å². The van der Waals surface area contributed by atoms with Crippen molar-refractivity contribution >= 4 is 0 Å². The Morgan fingerprint density at radius 1 is 1.20 bits per heavy atom. The number of fused-ring (bicyclic) bond motifs is 2. The zero-order valence-electron chi connectivity index (χ0n) is 6.71. The molecule has 1 nitrogen and oxygen atoms in total. The number of ether oxygens (including phenoxy) is 1. The van der Waals surface area contributed by atoms with Gasteiger partial charge in [0.1, 0.15) is 0 Å². The Labute approximate surface area is 62.8 Å². The van der Waals surface area contributed by atoms with E-state index in [0.29, 0.717) is 0 Å². The lowest BCUT2D eigenvalue weighted by atomic mass is 9.79. The van der Waals surface area contributed by atoms with Crippen molar-refractivity contribution in [2.24, 2.45) is 5.92 Å². The zero-order chi connectivity index (χ0) is 6.97. The molecule has 2 heterocycles. The number of hydrogen-bond acceptors (Lipinski definition) is 0. The van der Waals surface area contributed by atoms with Crippen LogP contribution in [0.4, 0.5) is 0 Å². The van der Waals surface area contributed by atoms with Crippen LogP contribution in [0.1, 0.15) is 39.0 Å². The van der Waals surface area contributed by atoms with Crippen LogP contribution in [0, 0.1) is 5.92 Å². The van der Waals surface area contributed by atoms with Gasteiger partial charge in [-0.3, -0.25) is 0 Å². The van der Waals surface area contributed by atoms with Crippen molar-refractivity contribution < 1.29 is 4.74 Å². The average Bonchev–Trinajstić information content (AvgIpc) is 1.87. The summed E-state index contributed by atoms with van der Waals surface area (Å²) in [6.07, 6.45) is 8.62. The Balaban J connectivity index is 1.80. The molecule has 1 N–H and O–H groups in total. The second kappa shape index (κ2) is 2.54. The van der Waals surface area contributed by atoms with Gasteiger partial charge in [-0.2, -0.15) is 0 Å². The van der Waals surface area contributed by atoms with E-state index in [1.807, 2.05) is 0 Å². The quantitative estimate of drug-likeness (QED) is 0.521. The van der Waals surface area contributed by atoms with Gasteiger partial charge in [-0.1, -0.05) is 19.8 Å². The normalized spacial score (nSPS) is 44.7. The first-order valence-corrected chi connectivity index (χ1v) is 4.58. The number of hydrogen-bond donors (Lipinski definition) is 0. The zero-order valence-corrected chi connectivity index (χ0v) is 6.71. The molecule has 2 bridgehead atoms. The molecule has 0 amide bonds. The van der Waals surface area contributed by atoms with Crippen molar-refractivity contribution in [3.8, 4) is 0 Å². The van der Waals surface area contributed by atoms with Crippen LogP contribution in [0.5, 0.6) is 0 Å². The van der Waals surface area contributed by atoms with Gasteiger partial charge in [0.15, 0.2) is 12.2 Å². The van der Waals surface area contributed by atoms with Crippen molar-refractivity contribution in [2.75, 3.05) is 0 Å². The highest BCUT2D eigenvalue weighted by molar-refractivity contribution is 4.86. The molecule has 2 atom stereocenters. The summed E-state index contributed by atoms with van der Waals surface area (Å²) in [5.74, 6) is 1.03. The highest BCUT2D eigenvalue weighted by Gasteiger charge is 2.44. The maximum Gasteiger partial charge on any atom is 0.162 e. The Hall–Kier alpha value is -0.0400. The van der Waals surface area contributed by atoms with Crippen LogP contribution < -0.4 is 0 Å². The molecule has 58 valence electrons.